The Kier molecular flexibility index (Phi) is 5.08. The van der Waals surface area contributed by atoms with E-state index >= 15 is 0 Å². The number of hydrogen-bond acceptors (Lipinski definition) is 3. The minimum absolute atomic E-state index is 0.0372. The van der Waals surface area contributed by atoms with Gasteiger partial charge in [0, 0.05) is 32.8 Å². The molecule has 0 aromatic rings. The minimum Gasteiger partial charge on any atom is -0.481 e. The van der Waals surface area contributed by atoms with Gasteiger partial charge in [-0.15, -0.1) is 0 Å². The fourth-order valence-corrected chi connectivity index (χ4v) is 3.03. The van der Waals surface area contributed by atoms with Crippen LogP contribution in [0.1, 0.15) is 39.5 Å². The molecule has 2 rings (SSSR count). The molecular weight excluding hydrogens is 272 g/mol. The van der Waals surface area contributed by atoms with Crippen LogP contribution in [0, 0.1) is 5.41 Å². The maximum atomic E-state index is 12.5. The molecule has 21 heavy (non-hydrogen) atoms. The lowest BCUT2D eigenvalue weighted by atomic mass is 9.90. The zero-order valence-electron chi connectivity index (χ0n) is 13.0. The first-order chi connectivity index (χ1) is 9.96. The Bertz CT molecular complexity index is 401. The van der Waals surface area contributed by atoms with Crippen molar-refractivity contribution in [2.45, 2.75) is 45.6 Å². The summed E-state index contributed by atoms with van der Waals surface area (Å²) in [6.07, 6.45) is 3.57. The van der Waals surface area contributed by atoms with Gasteiger partial charge in [-0.2, -0.15) is 0 Å². The highest BCUT2D eigenvalue weighted by Crippen LogP contribution is 2.31. The highest BCUT2D eigenvalue weighted by Gasteiger charge is 2.43. The highest BCUT2D eigenvalue weighted by molar-refractivity contribution is 5.79. The maximum absolute atomic E-state index is 12.5. The third-order valence-electron chi connectivity index (χ3n) is 4.47. The summed E-state index contributed by atoms with van der Waals surface area (Å²) >= 11 is 0. The van der Waals surface area contributed by atoms with Gasteiger partial charge in [0.15, 0.2) is 0 Å². The molecule has 0 aliphatic carbocycles. The Balaban J connectivity index is 1.90. The van der Waals surface area contributed by atoms with E-state index in [-0.39, 0.29) is 12.1 Å². The van der Waals surface area contributed by atoms with Crippen LogP contribution in [0.25, 0.3) is 0 Å². The number of ether oxygens (including phenoxy) is 1. The van der Waals surface area contributed by atoms with E-state index in [1.54, 1.807) is 11.8 Å². The fourth-order valence-electron chi connectivity index (χ4n) is 3.03. The molecule has 2 fully saturated rings. The summed E-state index contributed by atoms with van der Waals surface area (Å²) in [6.45, 7) is 6.71. The second-order valence-electron chi connectivity index (χ2n) is 6.40. The first-order valence-corrected chi connectivity index (χ1v) is 7.85. The van der Waals surface area contributed by atoms with E-state index in [1.807, 2.05) is 4.90 Å². The summed E-state index contributed by atoms with van der Waals surface area (Å²) < 4.78 is 5.75. The maximum Gasteiger partial charge on any atom is 0.320 e. The van der Waals surface area contributed by atoms with E-state index < -0.39 is 11.4 Å². The molecule has 2 aliphatic heterocycles. The van der Waals surface area contributed by atoms with Crippen LogP contribution in [-0.2, 0) is 9.53 Å². The summed E-state index contributed by atoms with van der Waals surface area (Å²) in [4.78, 5) is 27.3. The van der Waals surface area contributed by atoms with Crippen LogP contribution < -0.4 is 0 Å². The number of piperidine rings is 1. The van der Waals surface area contributed by atoms with Crippen LogP contribution in [-0.4, -0.2) is 65.8 Å². The van der Waals surface area contributed by atoms with Crippen LogP contribution in [0.3, 0.4) is 0 Å². The molecule has 0 aromatic carbocycles. The number of aliphatic carboxylic acids is 1. The second-order valence-corrected chi connectivity index (χ2v) is 6.40. The van der Waals surface area contributed by atoms with Gasteiger partial charge in [-0.25, -0.2) is 4.79 Å². The van der Waals surface area contributed by atoms with Crippen molar-refractivity contribution < 1.29 is 19.4 Å². The number of carboxylic acid groups (broad SMARTS) is 1. The van der Waals surface area contributed by atoms with Crippen molar-refractivity contribution in [3.63, 3.8) is 0 Å². The Morgan fingerprint density at radius 2 is 2.10 bits per heavy atom. The summed E-state index contributed by atoms with van der Waals surface area (Å²) in [5.41, 5.74) is -0.802. The molecule has 2 saturated heterocycles. The Morgan fingerprint density at radius 3 is 2.71 bits per heavy atom. The number of hydrogen-bond donors (Lipinski definition) is 1. The average molecular weight is 298 g/mol. The zero-order valence-corrected chi connectivity index (χ0v) is 13.0. The fraction of sp³-hybridized carbons (Fsp3) is 0.867. The Hall–Kier alpha value is -1.30. The van der Waals surface area contributed by atoms with Gasteiger partial charge >= 0.3 is 12.0 Å². The van der Waals surface area contributed by atoms with Gasteiger partial charge < -0.3 is 19.6 Å². The highest BCUT2D eigenvalue weighted by atomic mass is 16.5. The molecule has 0 saturated carbocycles. The smallest absolute Gasteiger partial charge is 0.320 e. The van der Waals surface area contributed by atoms with Crippen molar-refractivity contribution in [2.75, 3.05) is 32.8 Å². The lowest BCUT2D eigenvalue weighted by molar-refractivity contribution is -0.147. The van der Waals surface area contributed by atoms with Crippen LogP contribution >= 0.6 is 0 Å². The van der Waals surface area contributed by atoms with Crippen molar-refractivity contribution >= 4 is 12.0 Å². The van der Waals surface area contributed by atoms with E-state index in [0.717, 1.165) is 32.4 Å². The summed E-state index contributed by atoms with van der Waals surface area (Å²) in [7, 11) is 0. The molecule has 6 heteroatoms. The number of likely N-dealkylation sites (tertiary alicyclic amines) is 2. The average Bonchev–Trinajstić information content (AvgIpc) is 2.88. The van der Waals surface area contributed by atoms with Gasteiger partial charge in [0.2, 0.25) is 0 Å². The summed E-state index contributed by atoms with van der Waals surface area (Å²) in [5, 5.41) is 9.25. The second kappa shape index (κ2) is 6.64. The van der Waals surface area contributed by atoms with Crippen molar-refractivity contribution in [1.82, 2.24) is 9.80 Å². The molecule has 0 radical (unpaired) electrons. The van der Waals surface area contributed by atoms with Gasteiger partial charge in [-0.3, -0.25) is 4.79 Å². The largest absolute Gasteiger partial charge is 0.481 e. The van der Waals surface area contributed by atoms with Crippen LogP contribution in [0.5, 0.6) is 0 Å². The molecule has 0 spiro atoms. The van der Waals surface area contributed by atoms with Gasteiger partial charge in [0.05, 0.1) is 11.5 Å². The third-order valence-corrected chi connectivity index (χ3v) is 4.47. The van der Waals surface area contributed by atoms with Gasteiger partial charge in [-0.05, 0) is 32.6 Å². The summed E-state index contributed by atoms with van der Waals surface area (Å²) in [6, 6.07) is -0.0372. The van der Waals surface area contributed by atoms with Crippen molar-refractivity contribution in [3.05, 3.63) is 0 Å². The SMILES string of the molecule is CCCOC1CCCN(C(=O)N2CCC(C)(C(=O)O)C2)C1. The predicted octanol–water partition coefficient (Wildman–Crippen LogP) is 1.79. The number of urea groups is 1. The third kappa shape index (κ3) is 3.67. The van der Waals surface area contributed by atoms with E-state index in [4.69, 9.17) is 4.74 Å². The predicted molar refractivity (Wildman–Crippen MR) is 78.2 cm³/mol. The molecule has 0 bridgehead atoms. The van der Waals surface area contributed by atoms with Crippen molar-refractivity contribution in [1.29, 1.82) is 0 Å². The molecule has 120 valence electrons. The topological polar surface area (TPSA) is 70.1 Å². The molecular formula is C15H26N2O4. The molecule has 2 atom stereocenters. The number of carbonyl (C=O) groups excluding carboxylic acids is 1. The van der Waals surface area contributed by atoms with Crippen molar-refractivity contribution in [3.8, 4) is 0 Å². The molecule has 2 heterocycles. The van der Waals surface area contributed by atoms with E-state index in [0.29, 0.717) is 26.1 Å². The Labute approximate surface area is 126 Å². The van der Waals surface area contributed by atoms with Gasteiger partial charge in [0.25, 0.3) is 0 Å². The number of rotatable bonds is 4. The normalized spacial score (nSPS) is 29.7. The molecule has 1 N–H and O–H groups in total. The lowest BCUT2D eigenvalue weighted by Gasteiger charge is -2.35. The van der Waals surface area contributed by atoms with Crippen molar-refractivity contribution in [2.24, 2.45) is 5.41 Å². The number of carboxylic acids is 1. The molecule has 6 nitrogen and oxygen atoms in total. The molecule has 2 amide bonds. The van der Waals surface area contributed by atoms with Crippen LogP contribution in [0.2, 0.25) is 0 Å². The Morgan fingerprint density at radius 1 is 1.33 bits per heavy atom. The minimum atomic E-state index is -0.819. The van der Waals surface area contributed by atoms with Crippen LogP contribution in [0.15, 0.2) is 0 Å². The number of carbonyl (C=O) groups is 2. The summed E-state index contributed by atoms with van der Waals surface area (Å²) in [5.74, 6) is -0.819. The van der Waals surface area contributed by atoms with Crippen LogP contribution in [0.4, 0.5) is 4.79 Å². The first kappa shape index (κ1) is 16.1. The standard InChI is InChI=1S/C15H26N2O4/c1-3-9-21-12-5-4-7-16(10-12)14(20)17-8-6-15(2,11-17)13(18)19/h12H,3-11H2,1-2H3,(H,18,19). The van der Waals surface area contributed by atoms with E-state index in [1.165, 1.54) is 0 Å². The number of nitrogens with zero attached hydrogens (tertiary/aromatic N) is 2. The zero-order chi connectivity index (χ0) is 15.5. The molecule has 0 aromatic heterocycles. The monoisotopic (exact) mass is 298 g/mol. The van der Waals surface area contributed by atoms with Gasteiger partial charge in [0.1, 0.15) is 0 Å². The lowest BCUT2D eigenvalue weighted by Crippen LogP contribution is -2.49. The van der Waals surface area contributed by atoms with Gasteiger partial charge in [-0.1, -0.05) is 6.92 Å². The molecule has 2 unspecified atom stereocenters. The quantitative estimate of drug-likeness (QED) is 0.859. The number of amides is 2. The first-order valence-electron chi connectivity index (χ1n) is 7.85. The molecule has 2 aliphatic rings. The van der Waals surface area contributed by atoms with E-state index in [2.05, 4.69) is 6.92 Å². The van der Waals surface area contributed by atoms with E-state index in [9.17, 15) is 14.7 Å².